The summed E-state index contributed by atoms with van der Waals surface area (Å²) >= 11 is 1.93. The molecule has 0 radical (unpaired) electrons. The number of rotatable bonds is 8. The first kappa shape index (κ1) is 20.8. The number of benzene rings is 2. The van der Waals surface area contributed by atoms with Crippen molar-refractivity contribution in [3.05, 3.63) is 65.7 Å². The van der Waals surface area contributed by atoms with Gasteiger partial charge in [-0.15, -0.1) is 11.8 Å². The van der Waals surface area contributed by atoms with E-state index in [0.717, 1.165) is 18.6 Å². The standard InChI is InChI=1S/C23H26N2O4S/c1-15-19(24-22(30-15)17-7-3-2-4-8-17)14-28-18-12-10-16(11-13-18)6-5-9-20-21(26)25-23(27)29-20/h2-4,7-8,10-13,15,19-20,22,24H,5-6,9,14H2,1H3,(H,25,26,27). The summed E-state index contributed by atoms with van der Waals surface area (Å²) in [6.07, 6.45) is 0.817. The van der Waals surface area contributed by atoms with Crippen molar-refractivity contribution in [2.24, 2.45) is 0 Å². The third-order valence-corrected chi connectivity index (χ3v) is 6.88. The van der Waals surface area contributed by atoms with Gasteiger partial charge < -0.3 is 9.47 Å². The molecule has 2 heterocycles. The fourth-order valence-electron chi connectivity index (χ4n) is 3.68. The minimum absolute atomic E-state index is 0.292. The first-order chi connectivity index (χ1) is 14.6. The molecule has 4 rings (SSSR count). The van der Waals surface area contributed by atoms with Crippen LogP contribution in [0.15, 0.2) is 54.6 Å². The zero-order chi connectivity index (χ0) is 20.9. The molecule has 7 heteroatoms. The van der Waals surface area contributed by atoms with Gasteiger partial charge in [0.25, 0.3) is 5.91 Å². The quantitative estimate of drug-likeness (QED) is 0.668. The Morgan fingerprint density at radius 1 is 1.07 bits per heavy atom. The molecule has 0 saturated carbocycles. The van der Waals surface area contributed by atoms with Crippen molar-refractivity contribution in [1.29, 1.82) is 0 Å². The van der Waals surface area contributed by atoms with Crippen LogP contribution < -0.4 is 15.4 Å². The zero-order valence-electron chi connectivity index (χ0n) is 16.9. The van der Waals surface area contributed by atoms with Gasteiger partial charge in [-0.1, -0.05) is 49.4 Å². The molecule has 6 nitrogen and oxygen atoms in total. The van der Waals surface area contributed by atoms with Gasteiger partial charge in [-0.2, -0.15) is 0 Å². The Labute approximate surface area is 180 Å². The number of carbonyl (C=O) groups is 2. The Morgan fingerprint density at radius 3 is 2.53 bits per heavy atom. The third-order valence-electron chi connectivity index (χ3n) is 5.44. The average Bonchev–Trinajstić information content (AvgIpc) is 3.29. The fourth-order valence-corrected chi connectivity index (χ4v) is 5.02. The fraction of sp³-hybridized carbons (Fsp3) is 0.391. The molecular weight excluding hydrogens is 400 g/mol. The lowest BCUT2D eigenvalue weighted by molar-refractivity contribution is -0.123. The maximum Gasteiger partial charge on any atom is 0.414 e. The van der Waals surface area contributed by atoms with E-state index >= 15 is 0 Å². The molecule has 30 heavy (non-hydrogen) atoms. The summed E-state index contributed by atoms with van der Waals surface area (Å²) in [6.45, 7) is 2.86. The number of nitrogens with one attached hydrogen (secondary N) is 2. The number of hydrogen-bond donors (Lipinski definition) is 2. The largest absolute Gasteiger partial charge is 0.492 e. The average molecular weight is 427 g/mol. The Hall–Kier alpha value is -2.51. The molecule has 2 aliphatic rings. The van der Waals surface area contributed by atoms with Gasteiger partial charge in [-0.05, 0) is 42.5 Å². The second-order valence-electron chi connectivity index (χ2n) is 7.64. The highest BCUT2D eigenvalue weighted by Gasteiger charge is 2.33. The molecule has 2 N–H and O–H groups in total. The van der Waals surface area contributed by atoms with Crippen LogP contribution in [0.25, 0.3) is 0 Å². The van der Waals surface area contributed by atoms with Crippen molar-refractivity contribution in [3.63, 3.8) is 0 Å². The van der Waals surface area contributed by atoms with Gasteiger partial charge in [-0.3, -0.25) is 15.4 Å². The van der Waals surface area contributed by atoms with E-state index in [-0.39, 0.29) is 5.91 Å². The molecule has 4 unspecified atom stereocenters. The van der Waals surface area contributed by atoms with Crippen molar-refractivity contribution in [2.45, 2.75) is 49.0 Å². The van der Waals surface area contributed by atoms with Gasteiger partial charge in [0.05, 0.1) is 11.4 Å². The van der Waals surface area contributed by atoms with Crippen LogP contribution >= 0.6 is 11.8 Å². The summed E-state index contributed by atoms with van der Waals surface area (Å²) in [6, 6.07) is 18.8. The molecule has 2 amide bonds. The van der Waals surface area contributed by atoms with Crippen LogP contribution in [-0.4, -0.2) is 36.0 Å². The smallest absolute Gasteiger partial charge is 0.414 e. The molecule has 0 aromatic heterocycles. The maximum absolute atomic E-state index is 11.5. The predicted octanol–water partition coefficient (Wildman–Crippen LogP) is 3.82. The van der Waals surface area contributed by atoms with Crippen molar-refractivity contribution in [2.75, 3.05) is 6.61 Å². The van der Waals surface area contributed by atoms with Crippen LogP contribution in [0.2, 0.25) is 0 Å². The third kappa shape index (κ3) is 5.15. The van der Waals surface area contributed by atoms with Gasteiger partial charge in [-0.25, -0.2) is 4.79 Å². The highest BCUT2D eigenvalue weighted by Crippen LogP contribution is 2.38. The number of alkyl carbamates (subject to hydrolysis) is 1. The highest BCUT2D eigenvalue weighted by atomic mass is 32.2. The molecule has 2 aromatic carbocycles. The van der Waals surface area contributed by atoms with Gasteiger partial charge in [0.15, 0.2) is 6.10 Å². The van der Waals surface area contributed by atoms with E-state index in [1.165, 1.54) is 11.1 Å². The summed E-state index contributed by atoms with van der Waals surface area (Å²) in [5, 5.41) is 6.59. The molecular formula is C23H26N2O4S. The number of carbonyl (C=O) groups excluding carboxylic acids is 2. The summed E-state index contributed by atoms with van der Waals surface area (Å²) in [5.74, 6) is 0.510. The lowest BCUT2D eigenvalue weighted by Crippen LogP contribution is -2.35. The van der Waals surface area contributed by atoms with Gasteiger partial charge in [0, 0.05) is 5.25 Å². The molecule has 0 spiro atoms. The van der Waals surface area contributed by atoms with E-state index in [1.807, 2.05) is 42.1 Å². The Balaban J connectivity index is 1.21. The molecule has 2 fully saturated rings. The van der Waals surface area contributed by atoms with Crippen molar-refractivity contribution < 1.29 is 19.1 Å². The van der Waals surface area contributed by atoms with E-state index in [0.29, 0.717) is 29.7 Å². The van der Waals surface area contributed by atoms with Crippen LogP contribution in [0.5, 0.6) is 5.75 Å². The molecule has 4 atom stereocenters. The minimum Gasteiger partial charge on any atom is -0.492 e. The number of imide groups is 1. The highest BCUT2D eigenvalue weighted by molar-refractivity contribution is 8.00. The predicted molar refractivity (Wildman–Crippen MR) is 116 cm³/mol. The van der Waals surface area contributed by atoms with Crippen LogP contribution in [0, 0.1) is 0 Å². The van der Waals surface area contributed by atoms with Crippen molar-refractivity contribution in [1.82, 2.24) is 10.6 Å². The first-order valence-corrected chi connectivity index (χ1v) is 11.2. The van der Waals surface area contributed by atoms with E-state index < -0.39 is 12.2 Å². The SMILES string of the molecule is CC1SC(c2ccccc2)NC1COc1ccc(CCCC2OC(=O)NC2=O)cc1. The molecule has 2 aromatic rings. The molecule has 0 bridgehead atoms. The van der Waals surface area contributed by atoms with Crippen LogP contribution in [0.4, 0.5) is 4.79 Å². The summed E-state index contributed by atoms with van der Waals surface area (Å²) < 4.78 is 11.0. The maximum atomic E-state index is 11.5. The number of aryl methyl sites for hydroxylation is 1. The van der Waals surface area contributed by atoms with E-state index in [9.17, 15) is 9.59 Å². The Bertz CT molecular complexity index is 875. The van der Waals surface area contributed by atoms with E-state index in [1.54, 1.807) is 0 Å². The number of cyclic esters (lactones) is 1. The minimum atomic E-state index is -0.654. The Morgan fingerprint density at radius 2 is 1.83 bits per heavy atom. The Kier molecular flexibility index (Phi) is 6.59. The number of ether oxygens (including phenoxy) is 2. The van der Waals surface area contributed by atoms with Gasteiger partial charge in [0.2, 0.25) is 0 Å². The van der Waals surface area contributed by atoms with Crippen molar-refractivity contribution >= 4 is 23.8 Å². The lowest BCUT2D eigenvalue weighted by Gasteiger charge is -2.16. The second kappa shape index (κ2) is 9.53. The topological polar surface area (TPSA) is 76.7 Å². The number of hydrogen-bond acceptors (Lipinski definition) is 6. The van der Waals surface area contributed by atoms with E-state index in [2.05, 4.69) is 41.8 Å². The molecule has 158 valence electrons. The molecule has 2 saturated heterocycles. The van der Waals surface area contributed by atoms with E-state index in [4.69, 9.17) is 9.47 Å². The first-order valence-electron chi connectivity index (χ1n) is 10.3. The monoisotopic (exact) mass is 426 g/mol. The summed E-state index contributed by atoms with van der Waals surface area (Å²) in [5.41, 5.74) is 2.46. The summed E-state index contributed by atoms with van der Waals surface area (Å²) in [4.78, 5) is 22.5. The van der Waals surface area contributed by atoms with Gasteiger partial charge in [0.1, 0.15) is 12.4 Å². The second-order valence-corrected chi connectivity index (χ2v) is 9.12. The number of thioether (sulfide) groups is 1. The molecule has 2 aliphatic heterocycles. The normalized spacial score (nSPS) is 25.8. The zero-order valence-corrected chi connectivity index (χ0v) is 17.7. The molecule has 0 aliphatic carbocycles. The van der Waals surface area contributed by atoms with Gasteiger partial charge >= 0.3 is 6.09 Å². The van der Waals surface area contributed by atoms with Crippen LogP contribution in [0.3, 0.4) is 0 Å². The van der Waals surface area contributed by atoms with Crippen molar-refractivity contribution in [3.8, 4) is 5.75 Å². The van der Waals surface area contributed by atoms with Crippen LogP contribution in [-0.2, 0) is 16.0 Å². The number of amides is 2. The van der Waals surface area contributed by atoms with Crippen LogP contribution in [0.1, 0.15) is 36.3 Å². The lowest BCUT2D eigenvalue weighted by atomic mass is 10.1. The summed E-state index contributed by atoms with van der Waals surface area (Å²) in [7, 11) is 0.